The number of nitrogens with one attached hydrogen (secondary N) is 2. The second-order valence-corrected chi connectivity index (χ2v) is 13.7. The fraction of sp³-hybridized carbons (Fsp3) is 0.500. The largest absolute Gasteiger partial charge is 0.400 e. The number of carbonyl (C=O) groups is 2. The van der Waals surface area contributed by atoms with E-state index in [1.807, 2.05) is 67.5 Å². The van der Waals surface area contributed by atoms with E-state index >= 15 is 0 Å². The zero-order valence-corrected chi connectivity index (χ0v) is 33.4. The van der Waals surface area contributed by atoms with Crippen molar-refractivity contribution in [2.75, 3.05) is 41.9 Å². The van der Waals surface area contributed by atoms with Gasteiger partial charge in [0.15, 0.2) is 5.78 Å². The van der Waals surface area contributed by atoms with Gasteiger partial charge in [-0.15, -0.1) is 0 Å². The third kappa shape index (κ3) is 23.2. The zero-order chi connectivity index (χ0) is 37.6. The first kappa shape index (κ1) is 46.9. The first-order chi connectivity index (χ1) is 22.3. The summed E-state index contributed by atoms with van der Waals surface area (Å²) in [6.07, 6.45) is -0.286. The maximum atomic E-state index is 11.4. The zero-order valence-electron chi connectivity index (χ0n) is 31.8. The summed E-state index contributed by atoms with van der Waals surface area (Å²) in [5, 5.41) is 23.6. The summed E-state index contributed by atoms with van der Waals surface area (Å²) in [5.74, 6) is 1.08. The lowest BCUT2D eigenvalue weighted by Crippen LogP contribution is -2.24. The summed E-state index contributed by atoms with van der Waals surface area (Å²) >= 11 is 3.07. The van der Waals surface area contributed by atoms with Gasteiger partial charge in [-0.25, -0.2) is 0 Å². The Balaban J connectivity index is 0. The number of alkyl halides is 1. The molecule has 0 heterocycles. The normalized spacial score (nSPS) is 10.6. The van der Waals surface area contributed by atoms with Gasteiger partial charge in [0.05, 0.1) is 18.0 Å². The Kier molecular flexibility index (Phi) is 25.2. The number of aryl methyl sites for hydroxylation is 6. The van der Waals surface area contributed by atoms with Crippen LogP contribution in [0.2, 0.25) is 0 Å². The van der Waals surface area contributed by atoms with E-state index in [-0.39, 0.29) is 29.5 Å². The van der Waals surface area contributed by atoms with E-state index in [0.29, 0.717) is 24.3 Å². The average Bonchev–Trinajstić information content (AvgIpc) is 2.98. The van der Waals surface area contributed by atoms with E-state index in [1.54, 1.807) is 0 Å². The van der Waals surface area contributed by atoms with Gasteiger partial charge in [0.2, 0.25) is 0 Å². The van der Waals surface area contributed by atoms with Crippen molar-refractivity contribution in [3.05, 3.63) is 88.0 Å². The van der Waals surface area contributed by atoms with Crippen molar-refractivity contribution in [3.63, 3.8) is 0 Å². The Morgan fingerprint density at radius 1 is 0.625 bits per heavy atom. The van der Waals surface area contributed by atoms with E-state index in [1.165, 1.54) is 33.4 Å². The Morgan fingerprint density at radius 3 is 1.23 bits per heavy atom. The number of anilines is 3. The molecule has 0 radical (unpaired) electrons. The van der Waals surface area contributed by atoms with Crippen LogP contribution in [-0.4, -0.2) is 53.4 Å². The fourth-order valence-corrected chi connectivity index (χ4v) is 4.82. The molecular weight excluding hydrogens is 666 g/mol. The Bertz CT molecular complexity index is 1270. The van der Waals surface area contributed by atoms with Gasteiger partial charge in [0, 0.05) is 42.6 Å². The van der Waals surface area contributed by atoms with Crippen LogP contribution in [0.3, 0.4) is 0 Å². The summed E-state index contributed by atoms with van der Waals surface area (Å²) in [4.78, 5) is 21.9. The minimum absolute atomic E-state index is 0.100. The van der Waals surface area contributed by atoms with E-state index in [0.717, 1.165) is 24.2 Å². The Labute approximate surface area is 300 Å². The molecule has 3 aromatic carbocycles. The van der Waals surface area contributed by atoms with E-state index < -0.39 is 0 Å². The molecule has 0 fully saturated rings. The topological polar surface area (TPSA) is 125 Å². The summed E-state index contributed by atoms with van der Waals surface area (Å²) in [7, 11) is 1.00. The number of carbonyl (C=O) groups excluding carboxylic acids is 2. The summed E-state index contributed by atoms with van der Waals surface area (Å²) in [6.45, 7) is 25.1. The van der Waals surface area contributed by atoms with Crippen LogP contribution in [-0.2, 0) is 9.59 Å². The lowest BCUT2D eigenvalue weighted by atomic mass is 10.1. The van der Waals surface area contributed by atoms with Gasteiger partial charge in [-0.1, -0.05) is 75.7 Å². The lowest BCUT2D eigenvalue weighted by molar-refractivity contribution is -0.120. The van der Waals surface area contributed by atoms with Crippen LogP contribution in [0.25, 0.3) is 0 Å². The van der Waals surface area contributed by atoms with Crippen molar-refractivity contribution >= 4 is 44.6 Å². The van der Waals surface area contributed by atoms with Gasteiger partial charge in [-0.3, -0.25) is 9.59 Å². The smallest absolute Gasteiger partial charge is 0.154 e. The predicted octanol–water partition coefficient (Wildman–Crippen LogP) is 8.77. The molecule has 48 heavy (non-hydrogen) atoms. The molecule has 6 N–H and O–H groups in total. The van der Waals surface area contributed by atoms with E-state index in [4.69, 9.17) is 10.8 Å². The highest BCUT2D eigenvalue weighted by atomic mass is 79.9. The first-order valence-corrected chi connectivity index (χ1v) is 17.7. The van der Waals surface area contributed by atoms with E-state index in [2.05, 4.69) is 96.7 Å². The maximum absolute atomic E-state index is 11.4. The number of hydrogen-bond donors (Lipinski definition) is 5. The molecule has 0 aliphatic heterocycles. The molecule has 0 saturated heterocycles. The second-order valence-electron chi connectivity index (χ2n) is 13.1. The number of nitrogens with two attached hydrogens (primary N) is 1. The maximum Gasteiger partial charge on any atom is 0.154 e. The molecule has 1 atom stereocenters. The number of aliphatic hydroxyl groups is 2. The highest BCUT2D eigenvalue weighted by Gasteiger charge is 2.08. The van der Waals surface area contributed by atoms with Gasteiger partial charge in [-0.05, 0) is 117 Å². The molecule has 3 rings (SSSR count). The van der Waals surface area contributed by atoms with Crippen molar-refractivity contribution in [2.24, 2.45) is 17.8 Å². The molecular formula is C40H64BrN3O4. The number of aliphatic hydroxyl groups excluding tert-OH is 2. The molecule has 0 spiro atoms. The minimum atomic E-state index is -0.286. The molecule has 270 valence electrons. The van der Waals surface area contributed by atoms with Crippen LogP contribution >= 0.6 is 15.9 Å². The summed E-state index contributed by atoms with van der Waals surface area (Å²) < 4.78 is 0. The number of nitrogen functional groups attached to an aromatic ring is 1. The first-order valence-electron chi connectivity index (χ1n) is 16.6. The van der Waals surface area contributed by atoms with Crippen LogP contribution in [0, 0.1) is 59.3 Å². The van der Waals surface area contributed by atoms with Gasteiger partial charge in [-0.2, -0.15) is 0 Å². The molecule has 8 heteroatoms. The quantitative estimate of drug-likeness (QED) is 0.104. The Morgan fingerprint density at radius 2 is 0.958 bits per heavy atom. The highest BCUT2D eigenvalue weighted by Crippen LogP contribution is 2.15. The monoisotopic (exact) mass is 729 g/mol. The number of hydrogen-bond acceptors (Lipinski definition) is 7. The minimum Gasteiger partial charge on any atom is -0.400 e. The fourth-order valence-electron chi connectivity index (χ4n) is 4.17. The van der Waals surface area contributed by atoms with Crippen LogP contribution in [0.5, 0.6) is 0 Å². The van der Waals surface area contributed by atoms with Crippen molar-refractivity contribution in [1.29, 1.82) is 0 Å². The molecule has 0 bridgehead atoms. The van der Waals surface area contributed by atoms with Gasteiger partial charge in [0.25, 0.3) is 0 Å². The highest BCUT2D eigenvalue weighted by molar-refractivity contribution is 9.09. The SMILES string of the molecule is CC(C)C(=O)CBr.CO.Cc1cc(C)cc(N)c1.Cc1cc(C)cc(NCC(=O)C(C)C)c1.Cc1cc(C)cc(NCC(O)C(C)C)c1. The molecule has 0 aromatic heterocycles. The molecule has 0 aliphatic carbocycles. The van der Waals surface area contributed by atoms with Crippen molar-refractivity contribution < 1.29 is 19.8 Å². The van der Waals surface area contributed by atoms with Crippen LogP contribution < -0.4 is 16.4 Å². The molecule has 7 nitrogen and oxygen atoms in total. The standard InChI is InChI=1S/C13H21NO.C13H19NO.C8H11N.C5H9BrO.CH4O/c2*1-9(2)13(15)8-14-12-6-10(3)5-11(4)7-12;1-6-3-7(2)5-8(9)4-6;1-4(2)5(7)3-6;1-2/h5-7,9,13-15H,8H2,1-4H3;5-7,9,14H,8H2,1-4H3;3-5H,9H2,1-2H3;4H,3H2,1-2H3;2H,1H3. The van der Waals surface area contributed by atoms with Crippen molar-refractivity contribution in [2.45, 2.75) is 89.2 Å². The third-order valence-corrected chi connectivity index (χ3v) is 7.41. The Hall–Kier alpha value is -3.20. The average molecular weight is 731 g/mol. The van der Waals surface area contributed by atoms with Crippen LogP contribution in [0.1, 0.15) is 74.9 Å². The van der Waals surface area contributed by atoms with Crippen molar-refractivity contribution in [1.82, 2.24) is 0 Å². The number of Topliss-reactive ketones (excluding diaryl/α,β-unsaturated/α-hetero) is 2. The predicted molar refractivity (Wildman–Crippen MR) is 212 cm³/mol. The summed E-state index contributed by atoms with van der Waals surface area (Å²) in [6, 6.07) is 18.6. The molecule has 0 amide bonds. The lowest BCUT2D eigenvalue weighted by Gasteiger charge is -2.16. The number of halogens is 1. The number of rotatable bonds is 10. The van der Waals surface area contributed by atoms with Gasteiger partial charge in [0.1, 0.15) is 5.78 Å². The van der Waals surface area contributed by atoms with Crippen LogP contribution in [0.4, 0.5) is 17.1 Å². The third-order valence-electron chi connectivity index (χ3n) is 6.86. The summed E-state index contributed by atoms with van der Waals surface area (Å²) in [5.41, 5.74) is 15.9. The molecule has 1 unspecified atom stereocenters. The molecule has 3 aromatic rings. The van der Waals surface area contributed by atoms with E-state index in [9.17, 15) is 14.7 Å². The van der Waals surface area contributed by atoms with Gasteiger partial charge < -0.3 is 26.6 Å². The van der Waals surface area contributed by atoms with Crippen molar-refractivity contribution in [3.8, 4) is 0 Å². The second kappa shape index (κ2) is 25.8. The van der Waals surface area contributed by atoms with Gasteiger partial charge >= 0.3 is 0 Å². The number of ketones is 2. The number of benzene rings is 3. The molecule has 0 aliphatic rings. The van der Waals surface area contributed by atoms with Crippen LogP contribution in [0.15, 0.2) is 54.6 Å². The molecule has 0 saturated carbocycles.